The van der Waals surface area contributed by atoms with E-state index in [2.05, 4.69) is 15.6 Å². The number of oxime groups is 1. The summed E-state index contributed by atoms with van der Waals surface area (Å²) in [6.45, 7) is 8.43. The summed E-state index contributed by atoms with van der Waals surface area (Å²) < 4.78 is 1.94. The number of carbonyl (C=O) groups is 1. The third-order valence-corrected chi connectivity index (χ3v) is 4.81. The van der Waals surface area contributed by atoms with Gasteiger partial charge in [0, 0.05) is 16.9 Å². The highest BCUT2D eigenvalue weighted by Crippen LogP contribution is 2.14. The van der Waals surface area contributed by atoms with Crippen molar-refractivity contribution in [3.05, 3.63) is 82.2 Å². The van der Waals surface area contributed by atoms with Crippen LogP contribution >= 0.6 is 0 Å². The Morgan fingerprint density at radius 1 is 1.10 bits per heavy atom. The minimum Gasteiger partial charge on any atom is -0.384 e. The monoisotopic (exact) mass is 405 g/mol. The lowest BCUT2D eigenvalue weighted by Gasteiger charge is -2.08. The van der Waals surface area contributed by atoms with Crippen molar-refractivity contribution in [1.82, 2.24) is 9.78 Å². The van der Waals surface area contributed by atoms with E-state index in [1.54, 1.807) is 0 Å². The molecule has 7 nitrogen and oxygen atoms in total. The fraction of sp³-hybridized carbons (Fsp3) is 0.261. The molecule has 1 heterocycles. The molecule has 3 aromatic rings. The van der Waals surface area contributed by atoms with E-state index < -0.39 is 0 Å². The summed E-state index contributed by atoms with van der Waals surface area (Å²) in [5.41, 5.74) is 12.9. The van der Waals surface area contributed by atoms with Gasteiger partial charge in [-0.2, -0.15) is 5.10 Å². The topological polar surface area (TPSA) is 94.5 Å². The van der Waals surface area contributed by atoms with Gasteiger partial charge in [-0.05, 0) is 68.7 Å². The Bertz CT molecular complexity index is 1080. The maximum atomic E-state index is 12.1. The molecular weight excluding hydrogens is 378 g/mol. The number of aromatic nitrogens is 2. The molecule has 7 heteroatoms. The smallest absolute Gasteiger partial charge is 0.265 e. The molecule has 0 saturated heterocycles. The van der Waals surface area contributed by atoms with Crippen molar-refractivity contribution in [1.29, 1.82) is 0 Å². The number of hydrogen-bond acceptors (Lipinski definition) is 4. The maximum Gasteiger partial charge on any atom is 0.265 e. The van der Waals surface area contributed by atoms with E-state index in [4.69, 9.17) is 10.6 Å². The number of aryl methyl sites for hydroxylation is 4. The number of amides is 1. The number of carbonyl (C=O) groups excluding carboxylic acids is 1. The summed E-state index contributed by atoms with van der Waals surface area (Å²) in [5.74, 6) is -0.0859. The van der Waals surface area contributed by atoms with Crippen LogP contribution in [0, 0.1) is 27.7 Å². The first-order valence-corrected chi connectivity index (χ1v) is 9.74. The summed E-state index contributed by atoms with van der Waals surface area (Å²) in [6.07, 6.45) is 0. The first-order chi connectivity index (χ1) is 14.3. The van der Waals surface area contributed by atoms with Crippen LogP contribution in [0.2, 0.25) is 0 Å². The maximum absolute atomic E-state index is 12.1. The Labute approximate surface area is 176 Å². The molecule has 0 saturated carbocycles. The van der Waals surface area contributed by atoms with Crippen LogP contribution in [0.1, 0.15) is 33.6 Å². The fourth-order valence-corrected chi connectivity index (χ4v) is 3.07. The molecule has 2 aromatic carbocycles. The van der Waals surface area contributed by atoms with E-state index in [9.17, 15) is 4.79 Å². The predicted molar refractivity (Wildman–Crippen MR) is 118 cm³/mol. The lowest BCUT2D eigenvalue weighted by Crippen LogP contribution is -2.19. The molecule has 0 radical (unpaired) electrons. The number of nitrogens with zero attached hydrogens (tertiary/aromatic N) is 3. The Hall–Kier alpha value is -3.61. The molecule has 0 aliphatic rings. The van der Waals surface area contributed by atoms with E-state index in [1.807, 2.05) is 80.9 Å². The highest BCUT2D eigenvalue weighted by molar-refractivity contribution is 5.97. The highest BCUT2D eigenvalue weighted by Gasteiger charge is 2.07. The summed E-state index contributed by atoms with van der Waals surface area (Å²) in [4.78, 5) is 17.2. The minimum atomic E-state index is -0.298. The molecule has 3 rings (SSSR count). The summed E-state index contributed by atoms with van der Waals surface area (Å²) in [5, 5.41) is 11.2. The van der Waals surface area contributed by atoms with Crippen LogP contribution in [0.15, 0.2) is 53.7 Å². The molecule has 0 fully saturated rings. The van der Waals surface area contributed by atoms with Crippen LogP contribution in [-0.4, -0.2) is 28.1 Å². The van der Waals surface area contributed by atoms with Gasteiger partial charge < -0.3 is 15.9 Å². The van der Waals surface area contributed by atoms with Gasteiger partial charge in [-0.25, -0.2) is 0 Å². The molecule has 0 aliphatic carbocycles. The Balaban J connectivity index is 1.58. The number of hydrogen-bond donors (Lipinski definition) is 2. The van der Waals surface area contributed by atoms with E-state index in [1.165, 1.54) is 5.56 Å². The van der Waals surface area contributed by atoms with Crippen molar-refractivity contribution in [2.24, 2.45) is 10.9 Å². The van der Waals surface area contributed by atoms with Gasteiger partial charge in [0.1, 0.15) is 0 Å². The van der Waals surface area contributed by atoms with Gasteiger partial charge >= 0.3 is 0 Å². The zero-order valence-electron chi connectivity index (χ0n) is 17.8. The van der Waals surface area contributed by atoms with E-state index >= 15 is 0 Å². The van der Waals surface area contributed by atoms with Crippen molar-refractivity contribution in [2.75, 3.05) is 11.9 Å². The Morgan fingerprint density at radius 2 is 1.90 bits per heavy atom. The average molecular weight is 406 g/mol. The molecule has 156 valence electrons. The largest absolute Gasteiger partial charge is 0.384 e. The number of rotatable bonds is 7. The molecule has 1 aromatic heterocycles. The predicted octanol–water partition coefficient (Wildman–Crippen LogP) is 3.44. The number of benzene rings is 2. The average Bonchev–Trinajstić information content (AvgIpc) is 3.01. The molecule has 0 bridgehead atoms. The van der Waals surface area contributed by atoms with Gasteiger partial charge in [0.2, 0.25) is 0 Å². The van der Waals surface area contributed by atoms with Crippen LogP contribution in [-0.2, 0) is 16.2 Å². The second kappa shape index (κ2) is 9.26. The van der Waals surface area contributed by atoms with Gasteiger partial charge in [-0.1, -0.05) is 29.4 Å². The van der Waals surface area contributed by atoms with Gasteiger partial charge in [-0.15, -0.1) is 0 Å². The second-order valence-electron chi connectivity index (χ2n) is 7.38. The SMILES string of the molecule is Cc1cc(C)n(Cc2cccc(/C(N)=N/OCC(=O)Nc3ccc(C)c(C)c3)c2)n1. The quantitative estimate of drug-likeness (QED) is 0.358. The van der Waals surface area contributed by atoms with Gasteiger partial charge in [0.15, 0.2) is 12.4 Å². The highest BCUT2D eigenvalue weighted by atomic mass is 16.6. The zero-order valence-corrected chi connectivity index (χ0v) is 17.8. The molecule has 30 heavy (non-hydrogen) atoms. The third-order valence-electron chi connectivity index (χ3n) is 4.81. The summed E-state index contributed by atoms with van der Waals surface area (Å²) >= 11 is 0. The Kier molecular flexibility index (Phi) is 6.51. The number of nitrogens with two attached hydrogens (primary N) is 1. The number of anilines is 1. The molecule has 1 amide bonds. The first kappa shape index (κ1) is 21.1. The molecule has 0 spiro atoms. The first-order valence-electron chi connectivity index (χ1n) is 9.74. The van der Waals surface area contributed by atoms with E-state index in [0.29, 0.717) is 6.54 Å². The van der Waals surface area contributed by atoms with Crippen molar-refractivity contribution in [3.8, 4) is 0 Å². The molecule has 0 atom stereocenters. The second-order valence-corrected chi connectivity index (χ2v) is 7.38. The zero-order chi connectivity index (χ0) is 21.7. The van der Waals surface area contributed by atoms with Crippen molar-refractivity contribution in [3.63, 3.8) is 0 Å². The van der Waals surface area contributed by atoms with Crippen LogP contribution in [0.3, 0.4) is 0 Å². The van der Waals surface area contributed by atoms with Crippen molar-refractivity contribution >= 4 is 17.4 Å². The standard InChI is InChI=1S/C23H27N5O2/c1-15-8-9-21(10-16(15)2)25-22(29)14-30-27-23(24)20-7-5-6-19(12-20)13-28-18(4)11-17(3)26-28/h5-12H,13-14H2,1-4H3,(H2,24,27)(H,25,29). The number of nitrogens with one attached hydrogen (secondary N) is 1. The van der Waals surface area contributed by atoms with Crippen molar-refractivity contribution in [2.45, 2.75) is 34.2 Å². The van der Waals surface area contributed by atoms with Crippen LogP contribution in [0.5, 0.6) is 0 Å². The molecule has 3 N–H and O–H groups in total. The Morgan fingerprint density at radius 3 is 2.60 bits per heavy atom. The van der Waals surface area contributed by atoms with Crippen molar-refractivity contribution < 1.29 is 9.63 Å². The minimum absolute atomic E-state index is 0.212. The van der Waals surface area contributed by atoms with Gasteiger partial charge in [-0.3, -0.25) is 9.48 Å². The third kappa shape index (κ3) is 5.47. The van der Waals surface area contributed by atoms with Crippen LogP contribution in [0.4, 0.5) is 5.69 Å². The molecule has 0 aliphatic heterocycles. The lowest BCUT2D eigenvalue weighted by molar-refractivity contribution is -0.120. The van der Waals surface area contributed by atoms with Crippen LogP contribution < -0.4 is 11.1 Å². The van der Waals surface area contributed by atoms with Crippen LogP contribution in [0.25, 0.3) is 0 Å². The van der Waals surface area contributed by atoms with E-state index in [0.717, 1.165) is 33.8 Å². The number of amidine groups is 1. The molecular formula is C23H27N5O2. The van der Waals surface area contributed by atoms with Gasteiger partial charge in [0.25, 0.3) is 5.91 Å². The summed E-state index contributed by atoms with van der Waals surface area (Å²) in [6, 6.07) is 15.5. The summed E-state index contributed by atoms with van der Waals surface area (Å²) in [7, 11) is 0. The van der Waals surface area contributed by atoms with E-state index in [-0.39, 0.29) is 18.3 Å². The lowest BCUT2D eigenvalue weighted by atomic mass is 10.1. The van der Waals surface area contributed by atoms with Gasteiger partial charge in [0.05, 0.1) is 12.2 Å². The normalized spacial score (nSPS) is 11.4. The fourth-order valence-electron chi connectivity index (χ4n) is 3.07. The molecule has 0 unspecified atom stereocenters.